The van der Waals surface area contributed by atoms with Crippen LogP contribution < -0.4 is 0 Å². The third kappa shape index (κ3) is 3.44. The Balaban J connectivity index is 2.46. The number of aromatic hydroxyl groups is 1. The monoisotopic (exact) mass is 453 g/mol. The fourth-order valence-corrected chi connectivity index (χ4v) is 4.14. The van der Waals surface area contributed by atoms with Crippen LogP contribution in [-0.2, 0) is 10.2 Å². The predicted molar refractivity (Wildman–Crippen MR) is 109 cm³/mol. The number of nitrogens with zero attached hydrogens (tertiary/aromatic N) is 1. The Morgan fingerprint density at radius 1 is 1.16 bits per heavy atom. The first-order valence-corrected chi connectivity index (χ1v) is 9.79. The van der Waals surface area contributed by atoms with Crippen LogP contribution >= 0.6 is 11.6 Å². The van der Waals surface area contributed by atoms with E-state index in [0.717, 1.165) is 22.8 Å². The molecule has 3 aromatic rings. The van der Waals surface area contributed by atoms with E-state index in [0.29, 0.717) is 6.42 Å². The lowest BCUT2D eigenvalue weighted by Gasteiger charge is -2.25. The van der Waals surface area contributed by atoms with Crippen molar-refractivity contribution in [3.63, 3.8) is 0 Å². The Kier molecular flexibility index (Phi) is 5.80. The first-order valence-electron chi connectivity index (χ1n) is 9.41. The quantitative estimate of drug-likeness (QED) is 0.530. The Hall–Kier alpha value is -3.00. The van der Waals surface area contributed by atoms with Crippen LogP contribution in [0.5, 0.6) is 5.75 Å². The van der Waals surface area contributed by atoms with Crippen LogP contribution in [0.3, 0.4) is 0 Å². The van der Waals surface area contributed by atoms with Gasteiger partial charge >= 0.3 is 5.97 Å². The van der Waals surface area contributed by atoms with Gasteiger partial charge in [-0.2, -0.15) is 0 Å². The maximum Gasteiger partial charge on any atom is 0.313 e. The largest absolute Gasteiger partial charge is 0.503 e. The second-order valence-electron chi connectivity index (χ2n) is 7.53. The highest BCUT2D eigenvalue weighted by molar-refractivity contribution is 6.30. The summed E-state index contributed by atoms with van der Waals surface area (Å²) in [7, 11) is 0. The Morgan fingerprint density at radius 3 is 2.35 bits per heavy atom. The molecule has 0 aliphatic rings. The van der Waals surface area contributed by atoms with E-state index in [4.69, 9.17) is 11.6 Å². The van der Waals surface area contributed by atoms with Crippen molar-refractivity contribution in [3.8, 4) is 5.75 Å². The van der Waals surface area contributed by atoms with E-state index in [2.05, 4.69) is 0 Å². The molecule has 1 atom stereocenters. The lowest BCUT2D eigenvalue weighted by atomic mass is 9.77. The molecule has 0 saturated carbocycles. The van der Waals surface area contributed by atoms with E-state index in [9.17, 15) is 28.6 Å². The standard InChI is InChI=1S/C22H19ClF3NO4/c1-4-7-22(3,21(30)31)17-10(2)27(15-9-14(25)19(28)18(26)16(15)17)20(29)11-5-6-12(23)13(24)8-11/h5-6,8-9,28H,4,7H2,1-3H3,(H,30,31)/t22-/m1/s1. The maximum absolute atomic E-state index is 15.0. The van der Waals surface area contributed by atoms with E-state index in [1.165, 1.54) is 19.9 Å². The smallest absolute Gasteiger partial charge is 0.313 e. The van der Waals surface area contributed by atoms with Gasteiger partial charge in [-0.05, 0) is 38.5 Å². The number of hydrogen-bond acceptors (Lipinski definition) is 3. The molecule has 1 aromatic heterocycles. The van der Waals surface area contributed by atoms with Crippen LogP contribution in [0.2, 0.25) is 5.02 Å². The number of carboxylic acids is 1. The number of hydrogen-bond donors (Lipinski definition) is 2. The molecule has 3 rings (SSSR count). The number of fused-ring (bicyclic) bond motifs is 1. The molecule has 0 radical (unpaired) electrons. The number of phenols is 1. The summed E-state index contributed by atoms with van der Waals surface area (Å²) in [5, 5.41) is 19.2. The average Bonchev–Trinajstić information content (AvgIpc) is 3.00. The van der Waals surface area contributed by atoms with Crippen molar-refractivity contribution in [1.29, 1.82) is 0 Å². The van der Waals surface area contributed by atoms with Gasteiger partial charge in [0.25, 0.3) is 5.91 Å². The summed E-state index contributed by atoms with van der Waals surface area (Å²) in [5.74, 6) is -6.94. The van der Waals surface area contributed by atoms with Crippen molar-refractivity contribution in [1.82, 2.24) is 4.57 Å². The van der Waals surface area contributed by atoms with Gasteiger partial charge in [0.15, 0.2) is 17.4 Å². The number of carbonyl (C=O) groups is 2. The topological polar surface area (TPSA) is 79.5 Å². The van der Waals surface area contributed by atoms with Gasteiger partial charge in [0.2, 0.25) is 0 Å². The molecule has 0 fully saturated rings. The molecule has 0 aliphatic heterocycles. The van der Waals surface area contributed by atoms with E-state index in [1.54, 1.807) is 6.92 Å². The van der Waals surface area contributed by atoms with Gasteiger partial charge in [-0.3, -0.25) is 14.2 Å². The molecule has 31 heavy (non-hydrogen) atoms. The molecule has 1 heterocycles. The summed E-state index contributed by atoms with van der Waals surface area (Å²) < 4.78 is 44.1. The molecular weight excluding hydrogens is 435 g/mol. The summed E-state index contributed by atoms with van der Waals surface area (Å²) in [6, 6.07) is 4.04. The molecule has 2 N–H and O–H groups in total. The molecule has 0 saturated heterocycles. The number of phenolic OH excluding ortho intramolecular Hbond substituents is 1. The second kappa shape index (κ2) is 7.92. The number of carboxylic acid groups (broad SMARTS) is 1. The molecule has 0 unspecified atom stereocenters. The van der Waals surface area contributed by atoms with Gasteiger partial charge in [-0.1, -0.05) is 24.9 Å². The molecule has 5 nitrogen and oxygen atoms in total. The first kappa shape index (κ1) is 22.7. The zero-order valence-corrected chi connectivity index (χ0v) is 17.6. The van der Waals surface area contributed by atoms with Crippen LogP contribution in [0, 0.1) is 24.4 Å². The SMILES string of the molecule is CCC[C@@](C)(C(=O)O)c1c(C)n(C(=O)c2ccc(Cl)c(F)c2)c2cc(F)c(O)c(F)c12. The minimum absolute atomic E-state index is 0.0395. The Morgan fingerprint density at radius 2 is 1.81 bits per heavy atom. The third-order valence-electron chi connectivity index (χ3n) is 5.50. The highest BCUT2D eigenvalue weighted by atomic mass is 35.5. The van der Waals surface area contributed by atoms with Crippen LogP contribution in [-0.4, -0.2) is 26.7 Å². The Bertz CT molecular complexity index is 1240. The van der Waals surface area contributed by atoms with Crippen LogP contribution in [0.15, 0.2) is 24.3 Å². The fourth-order valence-electron chi connectivity index (χ4n) is 4.02. The van der Waals surface area contributed by atoms with Crippen molar-refractivity contribution >= 4 is 34.4 Å². The molecule has 2 aromatic carbocycles. The molecule has 0 amide bonds. The van der Waals surface area contributed by atoms with Crippen molar-refractivity contribution < 1.29 is 33.0 Å². The van der Waals surface area contributed by atoms with Crippen molar-refractivity contribution in [2.75, 3.05) is 0 Å². The van der Waals surface area contributed by atoms with Gasteiger partial charge < -0.3 is 10.2 Å². The minimum atomic E-state index is -1.64. The van der Waals surface area contributed by atoms with Crippen molar-refractivity contribution in [3.05, 3.63) is 63.6 Å². The highest BCUT2D eigenvalue weighted by Gasteiger charge is 2.41. The van der Waals surface area contributed by atoms with E-state index < -0.39 is 40.5 Å². The summed E-state index contributed by atoms with van der Waals surface area (Å²) in [6.07, 6.45) is 0.504. The molecule has 0 spiro atoms. The summed E-state index contributed by atoms with van der Waals surface area (Å²) in [5.41, 5.74) is -2.09. The zero-order valence-electron chi connectivity index (χ0n) is 16.9. The second-order valence-corrected chi connectivity index (χ2v) is 7.94. The number of aromatic nitrogens is 1. The van der Waals surface area contributed by atoms with Crippen LogP contribution in [0.25, 0.3) is 10.9 Å². The van der Waals surface area contributed by atoms with Gasteiger partial charge in [0.05, 0.1) is 16.0 Å². The van der Waals surface area contributed by atoms with Gasteiger partial charge in [-0.15, -0.1) is 0 Å². The molecule has 9 heteroatoms. The van der Waals surface area contributed by atoms with E-state index in [1.807, 2.05) is 0 Å². The fraction of sp³-hybridized carbons (Fsp3) is 0.273. The summed E-state index contributed by atoms with van der Waals surface area (Å²) in [4.78, 5) is 25.4. The lowest BCUT2D eigenvalue weighted by Crippen LogP contribution is -2.33. The van der Waals surface area contributed by atoms with Gasteiger partial charge in [0, 0.05) is 28.3 Å². The van der Waals surface area contributed by atoms with Crippen LogP contribution in [0.1, 0.15) is 48.3 Å². The van der Waals surface area contributed by atoms with Crippen LogP contribution in [0.4, 0.5) is 13.2 Å². The number of carbonyl (C=O) groups excluding carboxylic acids is 1. The zero-order chi connectivity index (χ0) is 23.2. The summed E-state index contributed by atoms with van der Waals surface area (Å²) >= 11 is 5.66. The predicted octanol–water partition coefficient (Wildman–Crippen LogP) is 5.56. The number of rotatable bonds is 5. The average molecular weight is 454 g/mol. The Labute approximate surface area is 180 Å². The molecule has 164 valence electrons. The number of aliphatic carboxylic acids is 1. The third-order valence-corrected chi connectivity index (χ3v) is 5.81. The van der Waals surface area contributed by atoms with Gasteiger partial charge in [0.1, 0.15) is 5.82 Å². The molecular formula is C22H19ClF3NO4. The van der Waals surface area contributed by atoms with E-state index >= 15 is 4.39 Å². The van der Waals surface area contributed by atoms with E-state index in [-0.39, 0.29) is 39.2 Å². The molecule has 0 aliphatic carbocycles. The van der Waals surface area contributed by atoms with Crippen molar-refractivity contribution in [2.24, 2.45) is 0 Å². The molecule has 0 bridgehead atoms. The van der Waals surface area contributed by atoms with Crippen molar-refractivity contribution in [2.45, 2.75) is 39.0 Å². The summed E-state index contributed by atoms with van der Waals surface area (Å²) in [6.45, 7) is 4.51. The number of benzene rings is 2. The lowest BCUT2D eigenvalue weighted by molar-refractivity contribution is -0.143. The number of halogens is 4. The van der Waals surface area contributed by atoms with Gasteiger partial charge in [-0.25, -0.2) is 13.2 Å². The highest BCUT2D eigenvalue weighted by Crippen LogP contribution is 2.43. The normalized spacial score (nSPS) is 13.4. The first-order chi connectivity index (χ1) is 14.5. The minimum Gasteiger partial charge on any atom is -0.503 e. The maximum atomic E-state index is 15.0.